The molecule has 0 aliphatic carbocycles. The van der Waals surface area contributed by atoms with Crippen LogP contribution in [0.1, 0.15) is 6.42 Å². The lowest BCUT2D eigenvalue weighted by molar-refractivity contribution is 0.189. The van der Waals surface area contributed by atoms with Gasteiger partial charge >= 0.3 is 0 Å². The van der Waals surface area contributed by atoms with Crippen LogP contribution >= 0.6 is 10.7 Å². The Hall–Kier alpha value is -0.670. The lowest BCUT2D eigenvalue weighted by Gasteiger charge is -2.17. The van der Waals surface area contributed by atoms with Gasteiger partial charge in [0.2, 0.25) is 10.0 Å². The van der Waals surface area contributed by atoms with Gasteiger partial charge in [-0.3, -0.25) is 0 Å². The Morgan fingerprint density at radius 2 is 1.60 bits per heavy atom. The Morgan fingerprint density at radius 3 is 2.05 bits per heavy atom. The highest BCUT2D eigenvalue weighted by Gasteiger charge is 2.21. The van der Waals surface area contributed by atoms with Gasteiger partial charge in [-0.15, -0.1) is 0 Å². The van der Waals surface area contributed by atoms with Crippen LogP contribution in [0, 0.1) is 0 Å². The molecule has 0 atom stereocenters. The molecule has 0 bridgehead atoms. The highest BCUT2D eigenvalue weighted by atomic mass is 35.7. The van der Waals surface area contributed by atoms with Gasteiger partial charge in [-0.2, -0.15) is 0 Å². The summed E-state index contributed by atoms with van der Waals surface area (Å²) < 4.78 is 52.6. The second-order valence-electron chi connectivity index (χ2n) is 4.08. The van der Waals surface area contributed by atoms with E-state index >= 15 is 0 Å². The third kappa shape index (κ3) is 4.42. The minimum Gasteiger partial charge on any atom is -0.385 e. The lowest BCUT2D eigenvalue weighted by Crippen LogP contribution is -2.28. The number of sulfonamides is 1. The van der Waals surface area contributed by atoms with Crippen molar-refractivity contribution in [2.75, 3.05) is 27.3 Å². The first-order valence-corrected chi connectivity index (χ1v) is 9.44. The van der Waals surface area contributed by atoms with Crippen LogP contribution in [0.5, 0.6) is 0 Å². The molecular formula is C11H16ClNO5S2. The van der Waals surface area contributed by atoms with E-state index in [1.807, 2.05) is 0 Å². The summed E-state index contributed by atoms with van der Waals surface area (Å²) in [5, 5.41) is 0. The van der Waals surface area contributed by atoms with E-state index in [1.54, 1.807) is 7.11 Å². The molecule has 1 aromatic carbocycles. The van der Waals surface area contributed by atoms with Crippen LogP contribution in [0.2, 0.25) is 0 Å². The van der Waals surface area contributed by atoms with Crippen molar-refractivity contribution < 1.29 is 21.6 Å². The van der Waals surface area contributed by atoms with Crippen molar-refractivity contribution in [3.8, 4) is 0 Å². The summed E-state index contributed by atoms with van der Waals surface area (Å²) in [7, 11) is 0.670. The predicted octanol–water partition coefficient (Wildman–Crippen LogP) is 1.27. The Kier molecular flexibility index (Phi) is 5.96. The average Bonchev–Trinajstić information content (AvgIpc) is 2.38. The Morgan fingerprint density at radius 1 is 1.10 bits per heavy atom. The Balaban J connectivity index is 2.93. The van der Waals surface area contributed by atoms with Gasteiger partial charge < -0.3 is 4.74 Å². The van der Waals surface area contributed by atoms with Crippen LogP contribution in [-0.2, 0) is 23.8 Å². The van der Waals surface area contributed by atoms with E-state index in [9.17, 15) is 16.8 Å². The monoisotopic (exact) mass is 341 g/mol. The Bertz CT molecular complexity index is 640. The average molecular weight is 342 g/mol. The van der Waals surface area contributed by atoms with E-state index < -0.39 is 19.1 Å². The zero-order valence-corrected chi connectivity index (χ0v) is 13.5. The molecule has 0 aliphatic heterocycles. The minimum absolute atomic E-state index is 0.0153. The number of rotatable bonds is 7. The maximum Gasteiger partial charge on any atom is 0.261 e. The maximum absolute atomic E-state index is 12.2. The van der Waals surface area contributed by atoms with Gasteiger partial charge in [0.05, 0.1) is 9.79 Å². The quantitative estimate of drug-likeness (QED) is 0.551. The van der Waals surface area contributed by atoms with Gasteiger partial charge in [-0.05, 0) is 30.7 Å². The van der Waals surface area contributed by atoms with Crippen LogP contribution < -0.4 is 0 Å². The first-order chi connectivity index (χ1) is 9.19. The molecule has 0 spiro atoms. The van der Waals surface area contributed by atoms with E-state index in [4.69, 9.17) is 15.4 Å². The summed E-state index contributed by atoms with van der Waals surface area (Å²) in [6, 6.07) is 4.77. The second-order valence-corrected chi connectivity index (χ2v) is 8.69. The second kappa shape index (κ2) is 6.86. The molecule has 114 valence electrons. The molecule has 0 unspecified atom stereocenters. The lowest BCUT2D eigenvalue weighted by atomic mass is 10.4. The first kappa shape index (κ1) is 17.4. The van der Waals surface area contributed by atoms with Gasteiger partial charge in [-0.25, -0.2) is 21.1 Å². The molecule has 0 saturated carbocycles. The van der Waals surface area contributed by atoms with Crippen molar-refractivity contribution in [3.05, 3.63) is 24.3 Å². The predicted molar refractivity (Wildman–Crippen MR) is 75.8 cm³/mol. The van der Waals surface area contributed by atoms with Crippen molar-refractivity contribution >= 4 is 29.8 Å². The highest BCUT2D eigenvalue weighted by Crippen LogP contribution is 2.19. The van der Waals surface area contributed by atoms with Crippen molar-refractivity contribution in [3.63, 3.8) is 0 Å². The number of hydrogen-bond acceptors (Lipinski definition) is 5. The van der Waals surface area contributed by atoms with E-state index in [-0.39, 0.29) is 9.79 Å². The van der Waals surface area contributed by atoms with E-state index in [1.165, 1.54) is 23.5 Å². The molecule has 6 nitrogen and oxygen atoms in total. The zero-order chi connectivity index (χ0) is 15.4. The van der Waals surface area contributed by atoms with Gasteiger partial charge in [0, 0.05) is 38.0 Å². The highest BCUT2D eigenvalue weighted by molar-refractivity contribution is 8.13. The molecule has 20 heavy (non-hydrogen) atoms. The van der Waals surface area contributed by atoms with Crippen LogP contribution in [0.4, 0.5) is 0 Å². The van der Waals surface area contributed by atoms with Crippen LogP contribution in [-0.4, -0.2) is 48.4 Å². The summed E-state index contributed by atoms with van der Waals surface area (Å²) in [6.45, 7) is 0.773. The minimum atomic E-state index is -3.86. The summed E-state index contributed by atoms with van der Waals surface area (Å²) in [6.07, 6.45) is 0.570. The van der Waals surface area contributed by atoms with Crippen molar-refractivity contribution in [2.24, 2.45) is 0 Å². The summed E-state index contributed by atoms with van der Waals surface area (Å²) in [4.78, 5) is -0.123. The molecule has 0 fully saturated rings. The number of halogens is 1. The number of hydrogen-bond donors (Lipinski definition) is 0. The third-order valence-electron chi connectivity index (χ3n) is 2.63. The smallest absolute Gasteiger partial charge is 0.261 e. The molecule has 0 aromatic heterocycles. The fourth-order valence-corrected chi connectivity index (χ4v) is 3.48. The number of benzene rings is 1. The van der Waals surface area contributed by atoms with E-state index in [2.05, 4.69) is 0 Å². The first-order valence-electron chi connectivity index (χ1n) is 5.69. The largest absolute Gasteiger partial charge is 0.385 e. The molecule has 9 heteroatoms. The summed E-state index contributed by atoms with van der Waals surface area (Å²) >= 11 is 0. The summed E-state index contributed by atoms with van der Waals surface area (Å²) in [5.74, 6) is 0. The number of ether oxygens (including phenoxy) is 1. The van der Waals surface area contributed by atoms with Crippen LogP contribution in [0.25, 0.3) is 0 Å². The molecule has 0 radical (unpaired) electrons. The van der Waals surface area contributed by atoms with Crippen LogP contribution in [0.15, 0.2) is 34.1 Å². The molecule has 0 heterocycles. The SMILES string of the molecule is COCCCN(C)S(=O)(=O)c1ccc(S(=O)(=O)Cl)cc1. The summed E-state index contributed by atoms with van der Waals surface area (Å²) in [5.41, 5.74) is 0. The molecule has 0 saturated heterocycles. The molecule has 0 amide bonds. The molecule has 1 aromatic rings. The standard InChI is InChI=1S/C11H16ClNO5S2/c1-13(8-3-9-18-2)20(16,17)11-6-4-10(5-7-11)19(12,14)15/h4-7H,3,8-9H2,1-2H3. The third-order valence-corrected chi connectivity index (χ3v) is 5.88. The fourth-order valence-electron chi connectivity index (χ4n) is 1.51. The van der Waals surface area contributed by atoms with Crippen molar-refractivity contribution in [2.45, 2.75) is 16.2 Å². The Labute approximate surface area is 123 Å². The number of nitrogens with zero attached hydrogens (tertiary/aromatic N) is 1. The van der Waals surface area contributed by atoms with E-state index in [0.717, 1.165) is 12.1 Å². The van der Waals surface area contributed by atoms with Gasteiger partial charge in [0.1, 0.15) is 0 Å². The van der Waals surface area contributed by atoms with E-state index in [0.29, 0.717) is 19.6 Å². The number of methoxy groups -OCH3 is 1. The molecule has 1 rings (SSSR count). The van der Waals surface area contributed by atoms with Gasteiger partial charge in [0.25, 0.3) is 9.05 Å². The zero-order valence-electron chi connectivity index (χ0n) is 11.1. The molecular weight excluding hydrogens is 326 g/mol. The topological polar surface area (TPSA) is 80.8 Å². The maximum atomic E-state index is 12.2. The van der Waals surface area contributed by atoms with Gasteiger partial charge in [-0.1, -0.05) is 0 Å². The molecule has 0 aliphatic rings. The van der Waals surface area contributed by atoms with Crippen molar-refractivity contribution in [1.29, 1.82) is 0 Å². The van der Waals surface area contributed by atoms with Crippen molar-refractivity contribution in [1.82, 2.24) is 4.31 Å². The van der Waals surface area contributed by atoms with Crippen LogP contribution in [0.3, 0.4) is 0 Å². The fraction of sp³-hybridized carbons (Fsp3) is 0.455. The normalized spacial score (nSPS) is 12.8. The molecule has 0 N–H and O–H groups in total. The van der Waals surface area contributed by atoms with Gasteiger partial charge in [0.15, 0.2) is 0 Å².